The fraction of sp³-hybridized carbons (Fsp3) is 0.393. The highest BCUT2D eigenvalue weighted by atomic mass is 32.1. The molecular formula is C28H33N3O2S. The van der Waals surface area contributed by atoms with E-state index >= 15 is 0 Å². The van der Waals surface area contributed by atoms with Gasteiger partial charge < -0.3 is 9.72 Å². The van der Waals surface area contributed by atoms with Crippen molar-refractivity contribution in [3.05, 3.63) is 70.5 Å². The Morgan fingerprint density at radius 1 is 1.06 bits per heavy atom. The maximum atomic E-state index is 11.7. The molecule has 5 nitrogen and oxygen atoms in total. The molecule has 1 aliphatic rings. The predicted molar refractivity (Wildman–Crippen MR) is 139 cm³/mol. The Hall–Kier alpha value is -2.99. The number of aromatic nitrogens is 3. The summed E-state index contributed by atoms with van der Waals surface area (Å²) in [6.45, 7) is 6.79. The number of thiazole rings is 1. The number of aromatic amines is 1. The van der Waals surface area contributed by atoms with Crippen LogP contribution in [0, 0.1) is 12.3 Å². The van der Waals surface area contributed by atoms with E-state index in [9.17, 15) is 4.79 Å². The number of fused-ring (bicyclic) bond motifs is 1. The highest BCUT2D eigenvalue weighted by Gasteiger charge is 2.20. The zero-order valence-corrected chi connectivity index (χ0v) is 21.3. The molecule has 0 spiro atoms. The van der Waals surface area contributed by atoms with E-state index in [0.29, 0.717) is 17.4 Å². The van der Waals surface area contributed by atoms with Crippen LogP contribution in [0.2, 0.25) is 0 Å². The van der Waals surface area contributed by atoms with Crippen LogP contribution in [0.5, 0.6) is 0 Å². The van der Waals surface area contributed by atoms with Gasteiger partial charge in [0.1, 0.15) is 10.8 Å². The number of hydrogen-bond donors (Lipinski definition) is 1. The molecule has 5 rings (SSSR count). The third-order valence-electron chi connectivity index (χ3n) is 6.40. The number of H-pyrrole nitrogens is 1. The molecule has 0 aliphatic heterocycles. The molecule has 0 amide bonds. The molecule has 1 N–H and O–H groups in total. The van der Waals surface area contributed by atoms with Gasteiger partial charge >= 0.3 is 5.97 Å². The second-order valence-electron chi connectivity index (χ2n) is 9.70. The van der Waals surface area contributed by atoms with Crippen molar-refractivity contribution in [2.24, 2.45) is 5.41 Å². The van der Waals surface area contributed by atoms with Gasteiger partial charge in [0.15, 0.2) is 0 Å². The average molecular weight is 476 g/mol. The Kier molecular flexibility index (Phi) is 7.47. The fourth-order valence-electron chi connectivity index (χ4n) is 4.35. The molecule has 4 aromatic rings. The van der Waals surface area contributed by atoms with Crippen molar-refractivity contribution in [3.63, 3.8) is 0 Å². The van der Waals surface area contributed by atoms with Crippen LogP contribution in [-0.2, 0) is 11.2 Å². The van der Waals surface area contributed by atoms with Gasteiger partial charge in [-0.2, -0.15) is 0 Å². The predicted octanol–water partition coefficient (Wildman–Crippen LogP) is 7.35. The third kappa shape index (κ3) is 5.92. The van der Waals surface area contributed by atoms with Crippen molar-refractivity contribution in [2.75, 3.05) is 7.11 Å². The Bertz CT molecular complexity index is 1250. The summed E-state index contributed by atoms with van der Waals surface area (Å²) in [6.07, 6.45) is 7.99. The number of nitrogens with zero attached hydrogens (tertiary/aromatic N) is 2. The Morgan fingerprint density at radius 2 is 1.79 bits per heavy atom. The van der Waals surface area contributed by atoms with Crippen LogP contribution in [0.3, 0.4) is 0 Å². The van der Waals surface area contributed by atoms with Crippen LogP contribution >= 0.6 is 11.3 Å². The van der Waals surface area contributed by atoms with E-state index in [-0.39, 0.29) is 5.97 Å². The normalized spacial score (nSPS) is 14.9. The monoisotopic (exact) mass is 475 g/mol. The summed E-state index contributed by atoms with van der Waals surface area (Å²) in [7, 11) is 1.38. The first-order valence-corrected chi connectivity index (χ1v) is 12.7. The number of rotatable bonds is 4. The quantitative estimate of drug-likeness (QED) is 0.313. The van der Waals surface area contributed by atoms with Crippen LogP contribution in [-0.4, -0.2) is 28.0 Å². The number of imidazole rings is 1. The lowest BCUT2D eigenvalue weighted by Gasteiger charge is -2.28. The van der Waals surface area contributed by atoms with Gasteiger partial charge in [-0.05, 0) is 43.4 Å². The Balaban J connectivity index is 0.000000291. The van der Waals surface area contributed by atoms with Crippen LogP contribution in [0.25, 0.3) is 21.6 Å². The Labute approximate surface area is 205 Å². The van der Waals surface area contributed by atoms with E-state index < -0.39 is 0 Å². The SMILES string of the molecule is CC1(C)CCCCC1.COC(=O)c1ccc2nc(Cc3sc(-c4ccccc4)nc3C)[nH]c2c1. The molecule has 0 bridgehead atoms. The van der Waals surface area contributed by atoms with E-state index in [4.69, 9.17) is 9.72 Å². The summed E-state index contributed by atoms with van der Waals surface area (Å²) in [4.78, 5) is 25.5. The van der Waals surface area contributed by atoms with Gasteiger partial charge in [0.2, 0.25) is 0 Å². The molecule has 178 valence electrons. The van der Waals surface area contributed by atoms with Gasteiger partial charge in [0.25, 0.3) is 0 Å². The molecule has 1 saturated carbocycles. The molecule has 2 aromatic heterocycles. The molecule has 0 unspecified atom stereocenters. The lowest BCUT2D eigenvalue weighted by atomic mass is 9.78. The first-order valence-electron chi connectivity index (χ1n) is 11.9. The molecule has 6 heteroatoms. The van der Waals surface area contributed by atoms with Crippen LogP contribution < -0.4 is 0 Å². The van der Waals surface area contributed by atoms with E-state index in [0.717, 1.165) is 33.1 Å². The summed E-state index contributed by atoms with van der Waals surface area (Å²) in [5.41, 5.74) is 4.99. The second kappa shape index (κ2) is 10.5. The second-order valence-corrected chi connectivity index (χ2v) is 10.8. The lowest BCUT2D eigenvalue weighted by Crippen LogP contribution is -2.14. The fourth-order valence-corrected chi connectivity index (χ4v) is 5.42. The number of ether oxygens (including phenoxy) is 1. The number of aryl methyl sites for hydroxylation is 1. The van der Waals surface area contributed by atoms with Gasteiger partial charge in [-0.1, -0.05) is 63.4 Å². The van der Waals surface area contributed by atoms with Gasteiger partial charge in [-0.15, -0.1) is 11.3 Å². The third-order valence-corrected chi connectivity index (χ3v) is 7.61. The van der Waals surface area contributed by atoms with Crippen molar-refractivity contribution in [2.45, 2.75) is 59.3 Å². The maximum absolute atomic E-state index is 11.7. The van der Waals surface area contributed by atoms with Crippen LogP contribution in [0.4, 0.5) is 0 Å². The average Bonchev–Trinajstić information content (AvgIpc) is 3.41. The van der Waals surface area contributed by atoms with Gasteiger partial charge in [-0.3, -0.25) is 0 Å². The largest absolute Gasteiger partial charge is 0.465 e. The number of hydrogen-bond acceptors (Lipinski definition) is 5. The molecule has 34 heavy (non-hydrogen) atoms. The van der Waals surface area contributed by atoms with E-state index in [1.54, 1.807) is 23.5 Å². The molecule has 0 saturated heterocycles. The summed E-state index contributed by atoms with van der Waals surface area (Å²) in [6, 6.07) is 15.5. The molecule has 1 fully saturated rings. The molecular weight excluding hydrogens is 442 g/mol. The van der Waals surface area contributed by atoms with E-state index in [1.165, 1.54) is 44.1 Å². The van der Waals surface area contributed by atoms with Crippen molar-refractivity contribution in [3.8, 4) is 10.6 Å². The minimum Gasteiger partial charge on any atom is -0.465 e. The van der Waals surface area contributed by atoms with Gasteiger partial charge in [0.05, 0.1) is 29.4 Å². The van der Waals surface area contributed by atoms with Crippen molar-refractivity contribution in [1.82, 2.24) is 15.0 Å². The minimum atomic E-state index is -0.353. The number of esters is 1. The molecule has 1 aliphatic carbocycles. The standard InChI is InChI=1S/C20H17N3O2S.C8H16/c1-12-17(26-19(21-12)13-6-4-3-5-7-13)11-18-22-15-9-8-14(20(24)25-2)10-16(15)23-18;1-8(2)6-4-3-5-7-8/h3-10H,11H2,1-2H3,(H,22,23);3-7H2,1-2H3. The van der Waals surface area contributed by atoms with Gasteiger partial charge in [-0.25, -0.2) is 14.8 Å². The summed E-state index contributed by atoms with van der Waals surface area (Å²) < 4.78 is 4.77. The van der Waals surface area contributed by atoms with Crippen LogP contribution in [0.15, 0.2) is 48.5 Å². The Morgan fingerprint density at radius 3 is 2.44 bits per heavy atom. The zero-order valence-electron chi connectivity index (χ0n) is 20.5. The number of methoxy groups -OCH3 is 1. The van der Waals surface area contributed by atoms with Crippen molar-refractivity contribution in [1.29, 1.82) is 0 Å². The number of benzene rings is 2. The molecule has 2 heterocycles. The molecule has 2 aromatic carbocycles. The van der Waals surface area contributed by atoms with Crippen molar-refractivity contribution >= 4 is 28.3 Å². The molecule has 0 atom stereocenters. The highest BCUT2D eigenvalue weighted by Crippen LogP contribution is 2.34. The first kappa shape index (κ1) is 24.1. The topological polar surface area (TPSA) is 67.9 Å². The minimum absolute atomic E-state index is 0.353. The smallest absolute Gasteiger partial charge is 0.337 e. The van der Waals surface area contributed by atoms with Crippen molar-refractivity contribution < 1.29 is 9.53 Å². The summed E-state index contributed by atoms with van der Waals surface area (Å²) >= 11 is 1.68. The highest BCUT2D eigenvalue weighted by molar-refractivity contribution is 7.15. The summed E-state index contributed by atoms with van der Waals surface area (Å²) in [5.74, 6) is 0.502. The van der Waals surface area contributed by atoms with Gasteiger partial charge in [0, 0.05) is 16.9 Å². The number of carbonyl (C=O) groups is 1. The van der Waals surface area contributed by atoms with Crippen LogP contribution in [0.1, 0.15) is 72.7 Å². The number of nitrogens with one attached hydrogen (secondary N) is 1. The number of carbonyl (C=O) groups excluding carboxylic acids is 1. The molecule has 0 radical (unpaired) electrons. The lowest BCUT2D eigenvalue weighted by molar-refractivity contribution is 0.0601. The van der Waals surface area contributed by atoms with E-state index in [2.05, 4.69) is 35.9 Å². The first-order chi connectivity index (χ1) is 16.3. The maximum Gasteiger partial charge on any atom is 0.337 e. The van der Waals surface area contributed by atoms with E-state index in [1.807, 2.05) is 31.2 Å². The summed E-state index contributed by atoms with van der Waals surface area (Å²) in [5, 5.41) is 1.02. The zero-order chi connectivity index (χ0) is 24.1.